The first-order chi connectivity index (χ1) is 13.4. The maximum atomic E-state index is 13.1. The van der Waals surface area contributed by atoms with Crippen molar-refractivity contribution < 1.29 is 14.0 Å². The Labute approximate surface area is 169 Å². The average Bonchev–Trinajstić information content (AvgIpc) is 3.14. The topological polar surface area (TPSA) is 84.0 Å². The van der Waals surface area contributed by atoms with Gasteiger partial charge in [0.05, 0.1) is 0 Å². The van der Waals surface area contributed by atoms with Crippen LogP contribution in [0.3, 0.4) is 0 Å². The Morgan fingerprint density at radius 2 is 1.86 bits per heavy atom. The first kappa shape index (κ1) is 21.9. The molecule has 1 aromatic carbocycles. The van der Waals surface area contributed by atoms with Crippen molar-refractivity contribution in [2.75, 3.05) is 5.32 Å². The summed E-state index contributed by atoms with van der Waals surface area (Å²) in [5.41, 5.74) is 0.724. The molecule has 8 heteroatoms. The number of nitrogens with one attached hydrogen (secondary N) is 2. The van der Waals surface area contributed by atoms with Gasteiger partial charge in [0.2, 0.25) is 16.9 Å². The van der Waals surface area contributed by atoms with Gasteiger partial charge in [0.25, 0.3) is 0 Å². The van der Waals surface area contributed by atoms with E-state index in [1.54, 1.807) is 12.1 Å². The number of halogens is 1. The van der Waals surface area contributed by atoms with Gasteiger partial charge < -0.3 is 5.32 Å². The van der Waals surface area contributed by atoms with E-state index < -0.39 is 6.04 Å². The van der Waals surface area contributed by atoms with Gasteiger partial charge in [-0.05, 0) is 36.6 Å². The Morgan fingerprint density at radius 3 is 2.50 bits per heavy atom. The predicted octanol–water partition coefficient (Wildman–Crippen LogP) is 4.39. The number of carbonyl (C=O) groups is 2. The number of hydrogen-bond acceptors (Lipinski definition) is 5. The van der Waals surface area contributed by atoms with Gasteiger partial charge in [0, 0.05) is 12.0 Å². The van der Waals surface area contributed by atoms with E-state index in [9.17, 15) is 14.0 Å². The van der Waals surface area contributed by atoms with Crippen molar-refractivity contribution in [3.8, 4) is 10.6 Å². The van der Waals surface area contributed by atoms with Crippen LogP contribution in [0.25, 0.3) is 10.6 Å². The summed E-state index contributed by atoms with van der Waals surface area (Å²) < 4.78 is 13.1. The molecule has 6 nitrogen and oxygen atoms in total. The number of aromatic nitrogens is 2. The molecule has 0 bridgehead atoms. The fourth-order valence-corrected chi connectivity index (χ4v) is 3.40. The maximum absolute atomic E-state index is 13.1. The first-order valence-corrected chi connectivity index (χ1v) is 10.5. The fraction of sp³-hybridized carbons (Fsp3) is 0.500. The highest BCUT2D eigenvalue weighted by atomic mass is 32.1. The van der Waals surface area contributed by atoms with Gasteiger partial charge in [0.15, 0.2) is 0 Å². The first-order valence-electron chi connectivity index (χ1n) is 9.64. The molecule has 152 valence electrons. The zero-order chi connectivity index (χ0) is 20.5. The molecule has 0 aliphatic carbocycles. The van der Waals surface area contributed by atoms with Crippen LogP contribution in [-0.4, -0.2) is 28.1 Å². The smallest absolute Gasteiger partial charge is 0.249 e. The summed E-state index contributed by atoms with van der Waals surface area (Å²) >= 11 is 1.20. The van der Waals surface area contributed by atoms with Crippen molar-refractivity contribution in [2.24, 2.45) is 5.92 Å². The lowest BCUT2D eigenvalue weighted by Gasteiger charge is -2.23. The molecule has 0 fully saturated rings. The molecule has 0 spiro atoms. The van der Waals surface area contributed by atoms with Crippen LogP contribution in [0, 0.1) is 11.7 Å². The van der Waals surface area contributed by atoms with E-state index in [1.807, 2.05) is 13.8 Å². The highest BCUT2D eigenvalue weighted by Crippen LogP contribution is 2.26. The van der Waals surface area contributed by atoms with Gasteiger partial charge >= 0.3 is 0 Å². The van der Waals surface area contributed by atoms with Crippen LogP contribution in [0.1, 0.15) is 52.9 Å². The van der Waals surface area contributed by atoms with Crippen LogP contribution in [0.15, 0.2) is 24.3 Å². The third kappa shape index (κ3) is 6.37. The molecule has 2 N–H and O–H groups in total. The highest BCUT2D eigenvalue weighted by molar-refractivity contribution is 7.18. The van der Waals surface area contributed by atoms with E-state index in [1.165, 1.54) is 23.5 Å². The summed E-state index contributed by atoms with van der Waals surface area (Å²) in [7, 11) is 0. The molecule has 0 aliphatic heterocycles. The zero-order valence-corrected chi connectivity index (χ0v) is 17.3. The summed E-state index contributed by atoms with van der Waals surface area (Å²) in [6, 6.07) is 5.29. The van der Waals surface area contributed by atoms with Gasteiger partial charge in [-0.2, -0.15) is 0 Å². The lowest BCUT2D eigenvalue weighted by atomic mass is 9.98. The number of unbranched alkanes of at least 4 members (excludes halogenated alkanes) is 2. The third-order valence-corrected chi connectivity index (χ3v) is 5.45. The second-order valence-corrected chi connectivity index (χ2v) is 7.77. The minimum Gasteiger partial charge on any atom is -0.344 e. The minimum atomic E-state index is -0.628. The Bertz CT molecular complexity index is 779. The molecular weight excluding hydrogens is 379 g/mol. The van der Waals surface area contributed by atoms with Crippen molar-refractivity contribution in [1.29, 1.82) is 0 Å². The number of carbonyl (C=O) groups excluding carboxylic acids is 2. The lowest BCUT2D eigenvalue weighted by Crippen LogP contribution is -2.47. The van der Waals surface area contributed by atoms with E-state index >= 15 is 0 Å². The molecule has 0 radical (unpaired) electrons. The Morgan fingerprint density at radius 1 is 1.14 bits per heavy atom. The van der Waals surface area contributed by atoms with Crippen molar-refractivity contribution in [2.45, 2.75) is 58.9 Å². The third-order valence-electron chi connectivity index (χ3n) is 4.57. The van der Waals surface area contributed by atoms with Crippen molar-refractivity contribution >= 4 is 28.3 Å². The van der Waals surface area contributed by atoms with E-state index in [0.29, 0.717) is 16.6 Å². The van der Waals surface area contributed by atoms with Crippen molar-refractivity contribution in [3.05, 3.63) is 30.1 Å². The van der Waals surface area contributed by atoms with Gasteiger partial charge in [-0.3, -0.25) is 14.9 Å². The number of amides is 2. The maximum Gasteiger partial charge on any atom is 0.249 e. The van der Waals surface area contributed by atoms with Crippen LogP contribution in [-0.2, 0) is 9.59 Å². The number of hydrogen-bond donors (Lipinski definition) is 2. The molecule has 2 atom stereocenters. The average molecular weight is 407 g/mol. The predicted molar refractivity (Wildman–Crippen MR) is 109 cm³/mol. The molecule has 1 aromatic heterocycles. The summed E-state index contributed by atoms with van der Waals surface area (Å²) in [5.74, 6) is -0.759. The molecule has 0 aliphatic rings. The van der Waals surface area contributed by atoms with E-state index in [-0.39, 0.29) is 23.5 Å². The van der Waals surface area contributed by atoms with Crippen LogP contribution in [0.5, 0.6) is 0 Å². The number of benzene rings is 1. The number of anilines is 1. The number of rotatable bonds is 10. The molecule has 2 rings (SSSR count). The SMILES string of the molecule is CCCCCC(=O)N[C@@H](C(=O)Nc1nnc(-c2ccc(F)cc2)s1)[C@H](C)CC. The molecule has 28 heavy (non-hydrogen) atoms. The summed E-state index contributed by atoms with van der Waals surface area (Å²) in [6.07, 6.45) is 4.01. The van der Waals surface area contributed by atoms with Crippen LogP contribution >= 0.6 is 11.3 Å². The molecule has 0 unspecified atom stereocenters. The summed E-state index contributed by atoms with van der Waals surface area (Å²) in [5, 5.41) is 14.6. The molecule has 0 saturated carbocycles. The van der Waals surface area contributed by atoms with Crippen LogP contribution in [0.4, 0.5) is 9.52 Å². The number of nitrogens with zero attached hydrogens (tertiary/aromatic N) is 2. The van der Waals surface area contributed by atoms with Gasteiger partial charge in [-0.15, -0.1) is 10.2 Å². The molecule has 2 amide bonds. The molecule has 0 saturated heterocycles. The highest BCUT2D eigenvalue weighted by Gasteiger charge is 2.26. The van der Waals surface area contributed by atoms with Gasteiger partial charge in [-0.1, -0.05) is 51.4 Å². The van der Waals surface area contributed by atoms with Crippen molar-refractivity contribution in [3.63, 3.8) is 0 Å². The van der Waals surface area contributed by atoms with Crippen molar-refractivity contribution in [1.82, 2.24) is 15.5 Å². The summed E-state index contributed by atoms with van der Waals surface area (Å²) in [4.78, 5) is 24.9. The summed E-state index contributed by atoms with van der Waals surface area (Å²) in [6.45, 7) is 5.99. The van der Waals surface area contributed by atoms with E-state index in [0.717, 1.165) is 31.2 Å². The molecule has 1 heterocycles. The Balaban J connectivity index is 2.02. The Hall–Kier alpha value is -2.35. The molecule has 2 aromatic rings. The second kappa shape index (κ2) is 10.8. The largest absolute Gasteiger partial charge is 0.344 e. The second-order valence-electron chi connectivity index (χ2n) is 6.80. The normalized spacial score (nSPS) is 13.0. The zero-order valence-electron chi connectivity index (χ0n) is 16.5. The minimum absolute atomic E-state index is 0.0142. The van der Waals surface area contributed by atoms with Crippen LogP contribution in [0.2, 0.25) is 0 Å². The Kier molecular flexibility index (Phi) is 8.50. The lowest BCUT2D eigenvalue weighted by molar-refractivity contribution is -0.127. The van der Waals surface area contributed by atoms with Gasteiger partial charge in [-0.25, -0.2) is 4.39 Å². The van der Waals surface area contributed by atoms with E-state index in [2.05, 4.69) is 27.8 Å². The molecular formula is C20H27FN4O2S. The standard InChI is InChI=1S/C20H27FN4O2S/c1-4-6-7-8-16(26)22-17(13(3)5-2)18(27)23-20-25-24-19(28-20)14-9-11-15(21)12-10-14/h9-13,17H,4-8H2,1-3H3,(H,22,26)(H,23,25,27)/t13-,17-/m1/s1. The van der Waals surface area contributed by atoms with E-state index in [4.69, 9.17) is 0 Å². The monoisotopic (exact) mass is 406 g/mol. The fourth-order valence-electron chi connectivity index (χ4n) is 2.65. The van der Waals surface area contributed by atoms with Gasteiger partial charge in [0.1, 0.15) is 16.9 Å². The van der Waals surface area contributed by atoms with Crippen LogP contribution < -0.4 is 10.6 Å². The quantitative estimate of drug-likeness (QED) is 0.573.